The Morgan fingerprint density at radius 3 is 1.75 bits per heavy atom. The molecule has 0 heteroatoms. The van der Waals surface area contributed by atoms with Crippen LogP contribution in [0.3, 0.4) is 0 Å². The summed E-state index contributed by atoms with van der Waals surface area (Å²) >= 11 is 0. The van der Waals surface area contributed by atoms with E-state index in [1.54, 1.807) is 25.7 Å². The minimum atomic E-state index is 1.21. The summed E-state index contributed by atoms with van der Waals surface area (Å²) in [6, 6.07) is 0. The standard InChI is InChI=1S/C8H12/c1-2-6-3-5(1)7-4-8(6)7/h5-8H,1-4H2/t5-,6+,7-,8-/m0/s1. The Balaban J connectivity index is 2.02. The monoisotopic (exact) mass is 108 g/mol. The van der Waals surface area contributed by atoms with Gasteiger partial charge < -0.3 is 0 Å². The lowest BCUT2D eigenvalue weighted by Gasteiger charge is -2.04. The van der Waals surface area contributed by atoms with Crippen LogP contribution in [0.2, 0.25) is 0 Å². The Kier molecular flexibility index (Phi) is 0.482. The van der Waals surface area contributed by atoms with Gasteiger partial charge in [-0.3, -0.25) is 0 Å². The molecule has 0 N–H and O–H groups in total. The van der Waals surface area contributed by atoms with Crippen LogP contribution in [-0.2, 0) is 0 Å². The van der Waals surface area contributed by atoms with Gasteiger partial charge in [0.25, 0.3) is 0 Å². The topological polar surface area (TPSA) is 0 Å². The van der Waals surface area contributed by atoms with Crippen LogP contribution in [0.5, 0.6) is 0 Å². The second-order valence-electron chi connectivity index (χ2n) is 3.90. The Hall–Kier alpha value is 0. The van der Waals surface area contributed by atoms with Crippen molar-refractivity contribution in [2.45, 2.75) is 25.7 Å². The number of hydrogen-bond donors (Lipinski definition) is 0. The molecule has 44 valence electrons. The molecule has 3 aliphatic rings. The zero-order chi connectivity index (χ0) is 5.14. The van der Waals surface area contributed by atoms with E-state index in [-0.39, 0.29) is 0 Å². The van der Waals surface area contributed by atoms with Crippen molar-refractivity contribution < 1.29 is 0 Å². The van der Waals surface area contributed by atoms with E-state index < -0.39 is 0 Å². The van der Waals surface area contributed by atoms with Crippen LogP contribution in [0, 0.1) is 23.7 Å². The van der Waals surface area contributed by atoms with Crippen LogP contribution in [0.15, 0.2) is 0 Å². The largest absolute Gasteiger partial charge is 0.0499 e. The van der Waals surface area contributed by atoms with Gasteiger partial charge in [0, 0.05) is 0 Å². The van der Waals surface area contributed by atoms with Gasteiger partial charge in [0.2, 0.25) is 0 Å². The van der Waals surface area contributed by atoms with Gasteiger partial charge in [-0.15, -0.1) is 0 Å². The van der Waals surface area contributed by atoms with Crippen LogP contribution < -0.4 is 0 Å². The van der Waals surface area contributed by atoms with E-state index in [9.17, 15) is 0 Å². The third kappa shape index (κ3) is 0.284. The molecule has 3 rings (SSSR count). The third-order valence-corrected chi connectivity index (χ3v) is 3.62. The highest BCUT2D eigenvalue weighted by molar-refractivity contribution is 5.06. The summed E-state index contributed by atoms with van der Waals surface area (Å²) in [6.07, 6.45) is 6.42. The van der Waals surface area contributed by atoms with Crippen molar-refractivity contribution in [1.29, 1.82) is 0 Å². The fourth-order valence-electron chi connectivity index (χ4n) is 3.15. The average molecular weight is 108 g/mol. The molecule has 3 fully saturated rings. The van der Waals surface area contributed by atoms with Crippen LogP contribution >= 0.6 is 0 Å². The van der Waals surface area contributed by atoms with Crippen LogP contribution in [-0.4, -0.2) is 0 Å². The first-order chi connectivity index (χ1) is 3.95. The van der Waals surface area contributed by atoms with Gasteiger partial charge in [-0.1, -0.05) is 0 Å². The molecule has 0 radical (unpaired) electrons. The lowest BCUT2D eigenvalue weighted by molar-refractivity contribution is 0.456. The summed E-state index contributed by atoms with van der Waals surface area (Å²) in [4.78, 5) is 0. The van der Waals surface area contributed by atoms with Crippen molar-refractivity contribution in [3.8, 4) is 0 Å². The normalized spacial score (nSPS) is 66.0. The SMILES string of the molecule is C1C[C@H]2C[C@@H]1[C@@H]1C[C@@H]21. The minimum Gasteiger partial charge on any atom is -0.0499 e. The van der Waals surface area contributed by atoms with Gasteiger partial charge in [-0.25, -0.2) is 0 Å². The zero-order valence-corrected chi connectivity index (χ0v) is 5.14. The Morgan fingerprint density at radius 2 is 1.38 bits per heavy atom. The van der Waals surface area contributed by atoms with Gasteiger partial charge in [-0.05, 0) is 49.4 Å². The molecular weight excluding hydrogens is 96.1 g/mol. The zero-order valence-electron chi connectivity index (χ0n) is 5.14. The number of rotatable bonds is 0. The van der Waals surface area contributed by atoms with Gasteiger partial charge in [-0.2, -0.15) is 0 Å². The first-order valence-corrected chi connectivity index (χ1v) is 3.95. The molecule has 0 aromatic heterocycles. The molecule has 0 saturated heterocycles. The van der Waals surface area contributed by atoms with Crippen LogP contribution in [0.25, 0.3) is 0 Å². The third-order valence-electron chi connectivity index (χ3n) is 3.62. The fourth-order valence-corrected chi connectivity index (χ4v) is 3.15. The molecule has 0 heterocycles. The second kappa shape index (κ2) is 0.984. The summed E-state index contributed by atoms with van der Waals surface area (Å²) in [6.45, 7) is 0. The van der Waals surface area contributed by atoms with E-state index in [0.717, 1.165) is 0 Å². The molecule has 0 aliphatic heterocycles. The smallest absolute Gasteiger partial charge is 0.0352 e. The van der Waals surface area contributed by atoms with Crippen LogP contribution in [0.1, 0.15) is 25.7 Å². The Labute approximate surface area is 50.3 Å². The summed E-state index contributed by atoms with van der Waals surface area (Å²) in [5.41, 5.74) is 0. The van der Waals surface area contributed by atoms with Gasteiger partial charge in [0.05, 0.1) is 0 Å². The molecule has 0 aromatic rings. The summed E-state index contributed by atoms with van der Waals surface area (Å²) in [5.74, 6) is 4.91. The Morgan fingerprint density at radius 1 is 0.750 bits per heavy atom. The molecular formula is C8H12. The van der Waals surface area contributed by atoms with Crippen molar-refractivity contribution >= 4 is 0 Å². The van der Waals surface area contributed by atoms with E-state index in [0.29, 0.717) is 0 Å². The molecule has 0 spiro atoms. The minimum absolute atomic E-state index is 1.21. The summed E-state index contributed by atoms with van der Waals surface area (Å²) < 4.78 is 0. The molecule has 3 aliphatic carbocycles. The molecule has 0 nitrogen and oxygen atoms in total. The second-order valence-corrected chi connectivity index (χ2v) is 3.90. The van der Waals surface area contributed by atoms with Gasteiger partial charge in [0.1, 0.15) is 0 Å². The van der Waals surface area contributed by atoms with E-state index in [1.165, 1.54) is 23.7 Å². The first kappa shape index (κ1) is 3.92. The van der Waals surface area contributed by atoms with Crippen molar-refractivity contribution in [2.75, 3.05) is 0 Å². The molecule has 0 aromatic carbocycles. The highest BCUT2D eigenvalue weighted by Gasteiger charge is 2.56. The predicted molar refractivity (Wildman–Crippen MR) is 32.4 cm³/mol. The maximum Gasteiger partial charge on any atom is -0.0352 e. The predicted octanol–water partition coefficient (Wildman–Crippen LogP) is 2.05. The van der Waals surface area contributed by atoms with Crippen LogP contribution in [0.4, 0.5) is 0 Å². The average Bonchev–Trinajstić information content (AvgIpc) is 2.39. The lowest BCUT2D eigenvalue weighted by atomic mass is 10.0. The quantitative estimate of drug-likeness (QED) is 0.445. The maximum absolute atomic E-state index is 1.62. The van der Waals surface area contributed by atoms with E-state index in [4.69, 9.17) is 0 Å². The number of fused-ring (bicyclic) bond motifs is 5. The number of hydrogen-bond acceptors (Lipinski definition) is 0. The Bertz CT molecular complexity index is 114. The molecule has 2 bridgehead atoms. The van der Waals surface area contributed by atoms with Crippen molar-refractivity contribution in [3.05, 3.63) is 0 Å². The fraction of sp³-hybridized carbons (Fsp3) is 1.00. The lowest BCUT2D eigenvalue weighted by Crippen LogP contribution is -1.95. The molecule has 8 heavy (non-hydrogen) atoms. The molecule has 0 unspecified atom stereocenters. The van der Waals surface area contributed by atoms with Crippen molar-refractivity contribution in [2.24, 2.45) is 23.7 Å². The highest BCUT2D eigenvalue weighted by atomic mass is 14.6. The van der Waals surface area contributed by atoms with Crippen molar-refractivity contribution in [1.82, 2.24) is 0 Å². The molecule has 0 amide bonds. The first-order valence-electron chi connectivity index (χ1n) is 3.95. The molecule has 4 atom stereocenters. The highest BCUT2D eigenvalue weighted by Crippen LogP contribution is 2.65. The van der Waals surface area contributed by atoms with Gasteiger partial charge in [0.15, 0.2) is 0 Å². The van der Waals surface area contributed by atoms with E-state index in [1.807, 2.05) is 0 Å². The van der Waals surface area contributed by atoms with E-state index >= 15 is 0 Å². The van der Waals surface area contributed by atoms with E-state index in [2.05, 4.69) is 0 Å². The summed E-state index contributed by atoms with van der Waals surface area (Å²) in [7, 11) is 0. The van der Waals surface area contributed by atoms with Crippen molar-refractivity contribution in [3.63, 3.8) is 0 Å². The molecule has 3 saturated carbocycles. The summed E-state index contributed by atoms with van der Waals surface area (Å²) in [5, 5.41) is 0. The maximum atomic E-state index is 1.62. The van der Waals surface area contributed by atoms with Gasteiger partial charge >= 0.3 is 0 Å².